The fraction of sp³-hybridized carbons (Fsp3) is 0.583. The summed E-state index contributed by atoms with van der Waals surface area (Å²) < 4.78 is 5.07. The minimum absolute atomic E-state index is 0.443. The topological polar surface area (TPSA) is 78.8 Å². The van der Waals surface area contributed by atoms with Gasteiger partial charge in [0.15, 0.2) is 0 Å². The van der Waals surface area contributed by atoms with E-state index < -0.39 is 12.0 Å². The second-order valence-electron chi connectivity index (χ2n) is 4.46. The van der Waals surface area contributed by atoms with Gasteiger partial charge in [0.2, 0.25) is 5.88 Å². The SMILES string of the molecule is COc1cc(N2CCN(C(C)C(=O)O)CC2)ncn1. The van der Waals surface area contributed by atoms with Crippen LogP contribution in [-0.4, -0.2) is 65.3 Å². The number of aromatic nitrogens is 2. The molecule has 1 aromatic heterocycles. The lowest BCUT2D eigenvalue weighted by atomic mass is 10.2. The van der Waals surface area contributed by atoms with E-state index in [9.17, 15) is 4.79 Å². The lowest BCUT2D eigenvalue weighted by molar-refractivity contribution is -0.142. The van der Waals surface area contributed by atoms with Crippen molar-refractivity contribution in [3.63, 3.8) is 0 Å². The van der Waals surface area contributed by atoms with E-state index in [1.54, 1.807) is 20.1 Å². The van der Waals surface area contributed by atoms with Crippen LogP contribution >= 0.6 is 0 Å². The van der Waals surface area contributed by atoms with E-state index in [0.717, 1.165) is 18.9 Å². The summed E-state index contributed by atoms with van der Waals surface area (Å²) in [6.07, 6.45) is 1.47. The molecular formula is C12H18N4O3. The van der Waals surface area contributed by atoms with Crippen molar-refractivity contribution in [2.45, 2.75) is 13.0 Å². The highest BCUT2D eigenvalue weighted by Gasteiger charge is 2.25. The van der Waals surface area contributed by atoms with E-state index in [4.69, 9.17) is 9.84 Å². The number of rotatable bonds is 4. The van der Waals surface area contributed by atoms with Crippen molar-refractivity contribution in [2.75, 3.05) is 38.2 Å². The van der Waals surface area contributed by atoms with Crippen molar-refractivity contribution < 1.29 is 14.6 Å². The van der Waals surface area contributed by atoms with Gasteiger partial charge in [0.1, 0.15) is 18.2 Å². The lowest BCUT2D eigenvalue weighted by Gasteiger charge is -2.37. The molecule has 0 spiro atoms. The Morgan fingerprint density at radius 3 is 2.63 bits per heavy atom. The van der Waals surface area contributed by atoms with Gasteiger partial charge < -0.3 is 14.7 Å². The fourth-order valence-electron chi connectivity index (χ4n) is 2.11. The molecule has 1 fully saturated rings. The molecular weight excluding hydrogens is 248 g/mol. The predicted octanol–water partition coefficient (Wildman–Crippen LogP) is 0.0803. The second-order valence-corrected chi connectivity index (χ2v) is 4.46. The van der Waals surface area contributed by atoms with Crippen LogP contribution in [0.1, 0.15) is 6.92 Å². The summed E-state index contributed by atoms with van der Waals surface area (Å²) in [6.45, 7) is 4.63. The van der Waals surface area contributed by atoms with E-state index in [-0.39, 0.29) is 0 Å². The van der Waals surface area contributed by atoms with Crippen molar-refractivity contribution in [3.05, 3.63) is 12.4 Å². The van der Waals surface area contributed by atoms with Crippen LogP contribution in [0.3, 0.4) is 0 Å². The molecule has 1 aliphatic heterocycles. The Balaban J connectivity index is 1.97. The largest absolute Gasteiger partial charge is 0.481 e. The maximum Gasteiger partial charge on any atom is 0.320 e. The third kappa shape index (κ3) is 3.11. The van der Waals surface area contributed by atoms with Crippen molar-refractivity contribution in [1.29, 1.82) is 0 Å². The number of carbonyl (C=O) groups is 1. The highest BCUT2D eigenvalue weighted by Crippen LogP contribution is 2.17. The van der Waals surface area contributed by atoms with Gasteiger partial charge in [-0.15, -0.1) is 0 Å². The van der Waals surface area contributed by atoms with Crippen LogP contribution in [0.2, 0.25) is 0 Å². The van der Waals surface area contributed by atoms with Crippen molar-refractivity contribution in [3.8, 4) is 5.88 Å². The molecule has 2 rings (SSSR count). The Hall–Kier alpha value is -1.89. The molecule has 1 aliphatic rings. The van der Waals surface area contributed by atoms with E-state index in [1.807, 2.05) is 4.90 Å². The maximum atomic E-state index is 10.9. The third-order valence-electron chi connectivity index (χ3n) is 3.38. The summed E-state index contributed by atoms with van der Waals surface area (Å²) in [7, 11) is 1.57. The van der Waals surface area contributed by atoms with Crippen LogP contribution in [-0.2, 0) is 4.79 Å². The number of carboxylic acids is 1. The Morgan fingerprint density at radius 2 is 2.05 bits per heavy atom. The molecule has 7 nitrogen and oxygen atoms in total. The summed E-state index contributed by atoms with van der Waals surface area (Å²) in [5.74, 6) is 0.568. The van der Waals surface area contributed by atoms with Crippen molar-refractivity contribution in [1.82, 2.24) is 14.9 Å². The van der Waals surface area contributed by atoms with Gasteiger partial charge in [-0.3, -0.25) is 9.69 Å². The number of ether oxygens (including phenoxy) is 1. The van der Waals surface area contributed by atoms with Crippen LogP contribution < -0.4 is 9.64 Å². The van der Waals surface area contributed by atoms with Gasteiger partial charge in [-0.1, -0.05) is 0 Å². The minimum Gasteiger partial charge on any atom is -0.481 e. The monoisotopic (exact) mass is 266 g/mol. The molecule has 104 valence electrons. The van der Waals surface area contributed by atoms with Crippen molar-refractivity contribution in [2.24, 2.45) is 0 Å². The highest BCUT2D eigenvalue weighted by atomic mass is 16.5. The number of aliphatic carboxylic acids is 1. The first-order valence-corrected chi connectivity index (χ1v) is 6.19. The molecule has 1 unspecified atom stereocenters. The van der Waals surface area contributed by atoms with Crippen LogP contribution in [0.4, 0.5) is 5.82 Å². The molecule has 0 amide bonds. The second kappa shape index (κ2) is 5.83. The standard InChI is InChI=1S/C12H18N4O3/c1-9(12(17)18)15-3-5-16(6-4-15)10-7-11(19-2)14-8-13-10/h7-9H,3-6H2,1-2H3,(H,17,18). The molecule has 1 saturated heterocycles. The summed E-state index contributed by atoms with van der Waals surface area (Å²) in [4.78, 5) is 23.2. The molecule has 19 heavy (non-hydrogen) atoms. The molecule has 0 radical (unpaired) electrons. The van der Waals surface area contributed by atoms with Crippen molar-refractivity contribution >= 4 is 11.8 Å². The van der Waals surface area contributed by atoms with Crippen LogP contribution in [0, 0.1) is 0 Å². The summed E-state index contributed by atoms with van der Waals surface area (Å²) in [6, 6.07) is 1.35. The fourth-order valence-corrected chi connectivity index (χ4v) is 2.11. The highest BCUT2D eigenvalue weighted by molar-refractivity contribution is 5.72. The van der Waals surface area contributed by atoms with E-state index in [2.05, 4.69) is 14.9 Å². The van der Waals surface area contributed by atoms with Gasteiger partial charge in [-0.2, -0.15) is 0 Å². The number of hydrogen-bond acceptors (Lipinski definition) is 6. The van der Waals surface area contributed by atoms with Gasteiger partial charge >= 0.3 is 5.97 Å². The molecule has 0 aromatic carbocycles. The van der Waals surface area contributed by atoms with E-state index >= 15 is 0 Å². The predicted molar refractivity (Wildman–Crippen MR) is 69.5 cm³/mol. The molecule has 1 atom stereocenters. The number of anilines is 1. The molecule has 0 bridgehead atoms. The first-order chi connectivity index (χ1) is 9.11. The Labute approximate surface area is 111 Å². The molecule has 1 N–H and O–H groups in total. The van der Waals surface area contributed by atoms with Crippen LogP contribution in [0.25, 0.3) is 0 Å². The number of carboxylic acid groups (broad SMARTS) is 1. The normalized spacial score (nSPS) is 18.1. The van der Waals surface area contributed by atoms with Crippen LogP contribution in [0.5, 0.6) is 5.88 Å². The number of methoxy groups -OCH3 is 1. The molecule has 0 saturated carbocycles. The zero-order valence-corrected chi connectivity index (χ0v) is 11.1. The summed E-state index contributed by atoms with van der Waals surface area (Å²) in [5, 5.41) is 8.99. The summed E-state index contributed by atoms with van der Waals surface area (Å²) in [5.41, 5.74) is 0. The molecule has 0 aliphatic carbocycles. The van der Waals surface area contributed by atoms with Gasteiger partial charge in [-0.05, 0) is 6.92 Å². The van der Waals surface area contributed by atoms with Crippen LogP contribution in [0.15, 0.2) is 12.4 Å². The smallest absolute Gasteiger partial charge is 0.320 e. The zero-order valence-electron chi connectivity index (χ0n) is 11.1. The molecule has 2 heterocycles. The Bertz CT molecular complexity index is 446. The maximum absolute atomic E-state index is 10.9. The average molecular weight is 266 g/mol. The van der Waals surface area contributed by atoms with Gasteiger partial charge in [0.25, 0.3) is 0 Å². The minimum atomic E-state index is -0.780. The zero-order chi connectivity index (χ0) is 13.8. The van der Waals surface area contributed by atoms with Gasteiger partial charge in [0.05, 0.1) is 7.11 Å². The number of nitrogens with zero attached hydrogens (tertiary/aromatic N) is 4. The first kappa shape index (κ1) is 13.5. The van der Waals surface area contributed by atoms with E-state index in [0.29, 0.717) is 19.0 Å². The number of hydrogen-bond donors (Lipinski definition) is 1. The van der Waals surface area contributed by atoms with Gasteiger partial charge in [0, 0.05) is 32.2 Å². The molecule has 7 heteroatoms. The quantitative estimate of drug-likeness (QED) is 0.826. The lowest BCUT2D eigenvalue weighted by Crippen LogP contribution is -2.52. The van der Waals surface area contributed by atoms with Gasteiger partial charge in [-0.25, -0.2) is 9.97 Å². The Morgan fingerprint density at radius 1 is 1.37 bits per heavy atom. The molecule has 1 aromatic rings. The summed E-state index contributed by atoms with van der Waals surface area (Å²) >= 11 is 0. The Kier molecular flexibility index (Phi) is 4.16. The first-order valence-electron chi connectivity index (χ1n) is 6.19. The third-order valence-corrected chi connectivity index (χ3v) is 3.38. The number of piperazine rings is 1. The van der Waals surface area contributed by atoms with E-state index in [1.165, 1.54) is 6.33 Å². The average Bonchev–Trinajstić information content (AvgIpc) is 2.46.